The summed E-state index contributed by atoms with van der Waals surface area (Å²) in [6, 6.07) is 0. The van der Waals surface area contributed by atoms with E-state index in [9.17, 15) is 9.59 Å². The molecule has 0 radical (unpaired) electrons. The lowest BCUT2D eigenvalue weighted by Crippen LogP contribution is -2.41. The lowest BCUT2D eigenvalue weighted by Gasteiger charge is -2.30. The number of esters is 1. The monoisotopic (exact) mass is 199 g/mol. The first-order chi connectivity index (χ1) is 6.65. The molecule has 4 heteroatoms. The van der Waals surface area contributed by atoms with Crippen molar-refractivity contribution in [1.29, 1.82) is 0 Å². The van der Waals surface area contributed by atoms with Crippen molar-refractivity contribution in [3.63, 3.8) is 0 Å². The zero-order chi connectivity index (χ0) is 10.6. The summed E-state index contributed by atoms with van der Waals surface area (Å²) in [5.41, 5.74) is 0. The first kappa shape index (κ1) is 11.0. The summed E-state index contributed by atoms with van der Waals surface area (Å²) in [7, 11) is 0. The van der Waals surface area contributed by atoms with Gasteiger partial charge in [-0.05, 0) is 19.8 Å². The fraction of sp³-hybridized carbons (Fsp3) is 0.800. The van der Waals surface area contributed by atoms with E-state index in [1.807, 2.05) is 0 Å². The second kappa shape index (κ2) is 4.98. The van der Waals surface area contributed by atoms with E-state index < -0.39 is 0 Å². The zero-order valence-electron chi connectivity index (χ0n) is 8.78. The van der Waals surface area contributed by atoms with Crippen molar-refractivity contribution in [3.05, 3.63) is 0 Å². The van der Waals surface area contributed by atoms with Gasteiger partial charge in [0.15, 0.2) is 0 Å². The molecule has 0 bridgehead atoms. The highest BCUT2D eigenvalue weighted by Crippen LogP contribution is 2.17. The number of rotatable bonds is 2. The summed E-state index contributed by atoms with van der Waals surface area (Å²) in [6.07, 6.45) is 1.73. The minimum absolute atomic E-state index is 0.0407. The van der Waals surface area contributed by atoms with Gasteiger partial charge in [-0.15, -0.1) is 0 Å². The van der Waals surface area contributed by atoms with E-state index in [1.54, 1.807) is 11.8 Å². The van der Waals surface area contributed by atoms with Crippen molar-refractivity contribution in [2.75, 3.05) is 19.7 Å². The molecule has 0 unspecified atom stereocenters. The summed E-state index contributed by atoms with van der Waals surface area (Å²) >= 11 is 0. The Balaban J connectivity index is 2.47. The van der Waals surface area contributed by atoms with Crippen LogP contribution in [0.2, 0.25) is 0 Å². The SMILES string of the molecule is CCOC(=O)[C@@H]1CCCN(C(C)=O)C1. The maximum Gasteiger partial charge on any atom is 0.310 e. The van der Waals surface area contributed by atoms with Crippen LogP contribution in [0.25, 0.3) is 0 Å². The number of carbonyl (C=O) groups is 2. The van der Waals surface area contributed by atoms with Crippen molar-refractivity contribution in [3.8, 4) is 0 Å². The second-order valence-electron chi connectivity index (χ2n) is 3.56. The number of hydrogen-bond donors (Lipinski definition) is 0. The number of ether oxygens (including phenoxy) is 1. The Morgan fingerprint density at radius 2 is 2.21 bits per heavy atom. The molecule has 0 aromatic rings. The molecule has 80 valence electrons. The Kier molecular flexibility index (Phi) is 3.92. The molecule has 1 aliphatic rings. The molecule has 1 heterocycles. The largest absolute Gasteiger partial charge is 0.466 e. The third kappa shape index (κ3) is 2.72. The minimum atomic E-state index is -0.168. The van der Waals surface area contributed by atoms with Crippen LogP contribution in [-0.4, -0.2) is 36.5 Å². The Labute approximate surface area is 84.2 Å². The predicted octanol–water partition coefficient (Wildman–Crippen LogP) is 0.808. The highest BCUT2D eigenvalue weighted by atomic mass is 16.5. The summed E-state index contributed by atoms with van der Waals surface area (Å²) < 4.78 is 4.93. The van der Waals surface area contributed by atoms with Crippen LogP contribution in [0.3, 0.4) is 0 Å². The van der Waals surface area contributed by atoms with Gasteiger partial charge in [-0.3, -0.25) is 9.59 Å². The van der Waals surface area contributed by atoms with Gasteiger partial charge in [0, 0.05) is 20.0 Å². The molecule has 1 fully saturated rings. The lowest BCUT2D eigenvalue weighted by atomic mass is 9.98. The van der Waals surface area contributed by atoms with Crippen LogP contribution in [0.15, 0.2) is 0 Å². The average molecular weight is 199 g/mol. The van der Waals surface area contributed by atoms with E-state index in [4.69, 9.17) is 4.74 Å². The van der Waals surface area contributed by atoms with Crippen LogP contribution in [0.5, 0.6) is 0 Å². The topological polar surface area (TPSA) is 46.6 Å². The highest BCUT2D eigenvalue weighted by Gasteiger charge is 2.27. The van der Waals surface area contributed by atoms with E-state index in [2.05, 4.69) is 0 Å². The standard InChI is InChI=1S/C10H17NO3/c1-3-14-10(13)9-5-4-6-11(7-9)8(2)12/h9H,3-7H2,1-2H3/t9-/m1/s1. The van der Waals surface area contributed by atoms with E-state index in [0.717, 1.165) is 19.4 Å². The van der Waals surface area contributed by atoms with Gasteiger partial charge in [0.25, 0.3) is 0 Å². The maximum absolute atomic E-state index is 11.4. The van der Waals surface area contributed by atoms with Gasteiger partial charge < -0.3 is 9.64 Å². The molecular formula is C10H17NO3. The van der Waals surface area contributed by atoms with Crippen LogP contribution in [0.4, 0.5) is 0 Å². The zero-order valence-corrected chi connectivity index (χ0v) is 8.78. The normalized spacial score (nSPS) is 21.9. The first-order valence-electron chi connectivity index (χ1n) is 5.07. The van der Waals surface area contributed by atoms with E-state index in [1.165, 1.54) is 6.92 Å². The Bertz CT molecular complexity index is 227. The number of likely N-dealkylation sites (tertiary alicyclic amines) is 1. The smallest absolute Gasteiger partial charge is 0.310 e. The summed E-state index contributed by atoms with van der Waals surface area (Å²) in [5.74, 6) is -0.245. The summed E-state index contributed by atoms with van der Waals surface area (Å²) in [4.78, 5) is 24.2. The van der Waals surface area contributed by atoms with Gasteiger partial charge in [0.05, 0.1) is 12.5 Å². The Morgan fingerprint density at radius 3 is 2.79 bits per heavy atom. The third-order valence-corrected chi connectivity index (χ3v) is 2.49. The molecule has 0 aromatic carbocycles. The van der Waals surface area contributed by atoms with E-state index in [0.29, 0.717) is 13.2 Å². The molecule has 0 spiro atoms. The lowest BCUT2D eigenvalue weighted by molar-refractivity contribution is -0.151. The number of carbonyl (C=O) groups excluding carboxylic acids is 2. The quantitative estimate of drug-likeness (QED) is 0.618. The number of hydrogen-bond acceptors (Lipinski definition) is 3. The summed E-state index contributed by atoms with van der Waals surface area (Å²) in [5, 5.41) is 0. The van der Waals surface area contributed by atoms with Crippen LogP contribution in [-0.2, 0) is 14.3 Å². The summed E-state index contributed by atoms with van der Waals surface area (Å²) in [6.45, 7) is 5.03. The highest BCUT2D eigenvalue weighted by molar-refractivity contribution is 5.76. The maximum atomic E-state index is 11.4. The van der Waals surface area contributed by atoms with Crippen LogP contribution in [0, 0.1) is 5.92 Å². The van der Waals surface area contributed by atoms with Gasteiger partial charge in [-0.25, -0.2) is 0 Å². The van der Waals surface area contributed by atoms with Crippen molar-refractivity contribution >= 4 is 11.9 Å². The molecule has 4 nitrogen and oxygen atoms in total. The molecule has 1 saturated heterocycles. The molecule has 1 aliphatic heterocycles. The predicted molar refractivity (Wildman–Crippen MR) is 51.6 cm³/mol. The molecule has 0 aromatic heterocycles. The van der Waals surface area contributed by atoms with Crippen molar-refractivity contribution in [2.45, 2.75) is 26.7 Å². The van der Waals surface area contributed by atoms with E-state index in [-0.39, 0.29) is 17.8 Å². The Hall–Kier alpha value is -1.06. The van der Waals surface area contributed by atoms with Crippen LogP contribution in [0.1, 0.15) is 26.7 Å². The van der Waals surface area contributed by atoms with Gasteiger partial charge in [0.2, 0.25) is 5.91 Å². The first-order valence-corrected chi connectivity index (χ1v) is 5.07. The molecule has 0 saturated carbocycles. The molecule has 0 N–H and O–H groups in total. The Morgan fingerprint density at radius 1 is 1.50 bits per heavy atom. The van der Waals surface area contributed by atoms with Gasteiger partial charge in [-0.1, -0.05) is 0 Å². The number of piperidine rings is 1. The van der Waals surface area contributed by atoms with Gasteiger partial charge in [-0.2, -0.15) is 0 Å². The minimum Gasteiger partial charge on any atom is -0.466 e. The number of nitrogens with zero attached hydrogens (tertiary/aromatic N) is 1. The fourth-order valence-corrected chi connectivity index (χ4v) is 1.72. The van der Waals surface area contributed by atoms with Crippen molar-refractivity contribution in [2.24, 2.45) is 5.92 Å². The second-order valence-corrected chi connectivity index (χ2v) is 3.56. The fourth-order valence-electron chi connectivity index (χ4n) is 1.72. The van der Waals surface area contributed by atoms with Gasteiger partial charge >= 0.3 is 5.97 Å². The molecule has 14 heavy (non-hydrogen) atoms. The number of amides is 1. The van der Waals surface area contributed by atoms with Crippen LogP contribution < -0.4 is 0 Å². The average Bonchev–Trinajstić information content (AvgIpc) is 2.18. The van der Waals surface area contributed by atoms with Crippen molar-refractivity contribution < 1.29 is 14.3 Å². The molecule has 1 amide bonds. The molecule has 1 atom stereocenters. The molecular weight excluding hydrogens is 182 g/mol. The van der Waals surface area contributed by atoms with E-state index >= 15 is 0 Å². The van der Waals surface area contributed by atoms with Crippen LogP contribution >= 0.6 is 0 Å². The van der Waals surface area contributed by atoms with Crippen molar-refractivity contribution in [1.82, 2.24) is 4.90 Å². The molecule has 1 rings (SSSR count). The van der Waals surface area contributed by atoms with Gasteiger partial charge in [0.1, 0.15) is 0 Å². The third-order valence-electron chi connectivity index (χ3n) is 2.49. The molecule has 0 aliphatic carbocycles.